The van der Waals surface area contributed by atoms with Gasteiger partial charge in [-0.3, -0.25) is 4.79 Å². The summed E-state index contributed by atoms with van der Waals surface area (Å²) in [6, 6.07) is 13.4. The maximum absolute atomic E-state index is 13.0. The molecule has 4 aromatic rings. The van der Waals surface area contributed by atoms with Crippen LogP contribution >= 0.6 is 11.3 Å². The zero-order valence-electron chi connectivity index (χ0n) is 14.7. The van der Waals surface area contributed by atoms with Crippen molar-refractivity contribution in [2.75, 3.05) is 10.6 Å². The summed E-state index contributed by atoms with van der Waals surface area (Å²) < 4.78 is 38.9. The van der Waals surface area contributed by atoms with Crippen molar-refractivity contribution in [1.82, 2.24) is 9.97 Å². The molecule has 0 aliphatic heterocycles. The van der Waals surface area contributed by atoms with Gasteiger partial charge in [0.05, 0.1) is 16.0 Å². The zero-order valence-corrected chi connectivity index (χ0v) is 15.5. The molecule has 0 aliphatic rings. The number of anilines is 3. The minimum atomic E-state index is -4.44. The van der Waals surface area contributed by atoms with Crippen molar-refractivity contribution in [2.24, 2.45) is 0 Å². The van der Waals surface area contributed by atoms with E-state index >= 15 is 0 Å². The molecule has 0 saturated heterocycles. The van der Waals surface area contributed by atoms with E-state index in [0.717, 1.165) is 12.1 Å². The molecule has 0 unspecified atom stereocenters. The van der Waals surface area contributed by atoms with E-state index in [0.29, 0.717) is 27.3 Å². The van der Waals surface area contributed by atoms with Gasteiger partial charge in [-0.05, 0) is 47.8 Å². The minimum Gasteiger partial charge on any atom is -0.340 e. The lowest BCUT2D eigenvalue weighted by Gasteiger charge is -2.12. The van der Waals surface area contributed by atoms with Crippen LogP contribution in [0.25, 0.3) is 10.9 Å². The van der Waals surface area contributed by atoms with Crippen molar-refractivity contribution >= 4 is 45.3 Å². The highest BCUT2D eigenvalue weighted by Crippen LogP contribution is 2.32. The molecule has 29 heavy (non-hydrogen) atoms. The topological polar surface area (TPSA) is 66.9 Å². The Morgan fingerprint density at radius 1 is 0.966 bits per heavy atom. The summed E-state index contributed by atoms with van der Waals surface area (Å²) in [5, 5.41) is 8.07. The number of rotatable bonds is 4. The first-order chi connectivity index (χ1) is 13.9. The van der Waals surface area contributed by atoms with Gasteiger partial charge in [-0.25, -0.2) is 9.97 Å². The molecule has 0 spiro atoms. The minimum absolute atomic E-state index is 0.243. The van der Waals surface area contributed by atoms with E-state index in [1.807, 2.05) is 0 Å². The molecule has 0 saturated carbocycles. The zero-order chi connectivity index (χ0) is 20.4. The van der Waals surface area contributed by atoms with Gasteiger partial charge >= 0.3 is 6.18 Å². The summed E-state index contributed by atoms with van der Waals surface area (Å²) in [6.45, 7) is 0. The Hall–Kier alpha value is -3.46. The highest BCUT2D eigenvalue weighted by atomic mass is 32.1. The Bertz CT molecular complexity index is 1180. The number of thiophene rings is 1. The summed E-state index contributed by atoms with van der Waals surface area (Å²) in [7, 11) is 0. The Morgan fingerprint density at radius 2 is 1.83 bits per heavy atom. The van der Waals surface area contributed by atoms with Crippen LogP contribution in [0.2, 0.25) is 0 Å². The van der Waals surface area contributed by atoms with Gasteiger partial charge < -0.3 is 10.6 Å². The molecule has 0 fully saturated rings. The van der Waals surface area contributed by atoms with Crippen LogP contribution in [0, 0.1) is 0 Å². The van der Waals surface area contributed by atoms with E-state index in [1.165, 1.54) is 29.8 Å². The van der Waals surface area contributed by atoms with E-state index in [-0.39, 0.29) is 11.6 Å². The number of nitrogens with one attached hydrogen (secondary N) is 2. The van der Waals surface area contributed by atoms with Gasteiger partial charge in [0, 0.05) is 16.8 Å². The normalized spacial score (nSPS) is 11.4. The number of fused-ring (bicyclic) bond motifs is 1. The molecule has 4 rings (SSSR count). The molecule has 2 aromatic carbocycles. The number of hydrogen-bond acceptors (Lipinski definition) is 5. The molecule has 0 aliphatic carbocycles. The van der Waals surface area contributed by atoms with E-state index in [9.17, 15) is 18.0 Å². The molecule has 9 heteroatoms. The lowest BCUT2D eigenvalue weighted by Crippen LogP contribution is -2.10. The number of aromatic nitrogens is 2. The number of carbonyl (C=O) groups excluding carboxylic acids is 1. The monoisotopic (exact) mass is 414 g/mol. The number of halogens is 3. The Morgan fingerprint density at radius 3 is 2.59 bits per heavy atom. The summed E-state index contributed by atoms with van der Waals surface area (Å²) in [5.74, 6) is 0.0881. The molecule has 0 radical (unpaired) electrons. The predicted molar refractivity (Wildman–Crippen MR) is 107 cm³/mol. The third kappa shape index (κ3) is 4.19. The van der Waals surface area contributed by atoms with Gasteiger partial charge in [0.2, 0.25) is 0 Å². The molecule has 1 amide bonds. The fourth-order valence-electron chi connectivity index (χ4n) is 2.74. The SMILES string of the molecule is O=C(Nc1ccc2ncnc(Nc3cccc(C(F)(F)F)c3)c2c1)c1cccs1. The largest absolute Gasteiger partial charge is 0.416 e. The molecule has 146 valence electrons. The van der Waals surface area contributed by atoms with Crippen LogP contribution in [-0.4, -0.2) is 15.9 Å². The van der Waals surface area contributed by atoms with Crippen molar-refractivity contribution in [3.63, 3.8) is 0 Å². The highest BCUT2D eigenvalue weighted by Gasteiger charge is 2.30. The number of alkyl halides is 3. The molecular weight excluding hydrogens is 401 g/mol. The van der Waals surface area contributed by atoms with Crippen LogP contribution in [0.3, 0.4) is 0 Å². The molecule has 2 aromatic heterocycles. The van der Waals surface area contributed by atoms with Crippen molar-refractivity contribution < 1.29 is 18.0 Å². The third-order valence-corrected chi connectivity index (χ3v) is 4.96. The lowest BCUT2D eigenvalue weighted by atomic mass is 10.1. The standard InChI is InChI=1S/C20H13F3N4OS/c21-20(22,23)12-3-1-4-13(9-12)26-18-15-10-14(6-7-16(15)24-11-25-18)27-19(28)17-5-2-8-29-17/h1-11H,(H,27,28)(H,24,25,26). The average molecular weight is 414 g/mol. The van der Waals surface area contributed by atoms with E-state index in [4.69, 9.17) is 0 Å². The number of amides is 1. The van der Waals surface area contributed by atoms with Crippen LogP contribution in [0.15, 0.2) is 66.3 Å². The van der Waals surface area contributed by atoms with E-state index in [2.05, 4.69) is 20.6 Å². The van der Waals surface area contributed by atoms with E-state index in [1.54, 1.807) is 35.7 Å². The maximum atomic E-state index is 13.0. The van der Waals surface area contributed by atoms with Gasteiger partial charge in [-0.15, -0.1) is 11.3 Å². The van der Waals surface area contributed by atoms with Crippen LogP contribution in [0.1, 0.15) is 15.2 Å². The molecular formula is C20H13F3N4OS. The Balaban J connectivity index is 1.65. The average Bonchev–Trinajstić information content (AvgIpc) is 3.23. The second-order valence-electron chi connectivity index (χ2n) is 6.09. The number of nitrogens with zero attached hydrogens (tertiary/aromatic N) is 2. The predicted octanol–water partition coefficient (Wildman–Crippen LogP) is 5.71. The summed E-state index contributed by atoms with van der Waals surface area (Å²) in [5.41, 5.74) is 0.596. The first-order valence-corrected chi connectivity index (χ1v) is 9.32. The first-order valence-electron chi connectivity index (χ1n) is 8.44. The Kier molecular flexibility index (Phi) is 4.89. The fourth-order valence-corrected chi connectivity index (χ4v) is 3.36. The van der Waals surface area contributed by atoms with Crippen molar-refractivity contribution in [3.05, 3.63) is 76.7 Å². The number of benzene rings is 2. The smallest absolute Gasteiger partial charge is 0.340 e. The fraction of sp³-hybridized carbons (Fsp3) is 0.0500. The number of hydrogen-bond donors (Lipinski definition) is 2. The van der Waals surface area contributed by atoms with Crippen LogP contribution < -0.4 is 10.6 Å². The second kappa shape index (κ2) is 7.51. The van der Waals surface area contributed by atoms with Crippen LogP contribution in [0.5, 0.6) is 0 Å². The maximum Gasteiger partial charge on any atom is 0.416 e. The lowest BCUT2D eigenvalue weighted by molar-refractivity contribution is -0.137. The molecule has 2 heterocycles. The second-order valence-corrected chi connectivity index (χ2v) is 7.04. The molecule has 5 nitrogen and oxygen atoms in total. The van der Waals surface area contributed by atoms with E-state index < -0.39 is 11.7 Å². The van der Waals surface area contributed by atoms with Crippen molar-refractivity contribution in [2.45, 2.75) is 6.18 Å². The van der Waals surface area contributed by atoms with Gasteiger partial charge in [-0.2, -0.15) is 13.2 Å². The van der Waals surface area contributed by atoms with Gasteiger partial charge in [-0.1, -0.05) is 12.1 Å². The van der Waals surface area contributed by atoms with Crippen LogP contribution in [0.4, 0.5) is 30.4 Å². The van der Waals surface area contributed by atoms with Crippen molar-refractivity contribution in [3.8, 4) is 0 Å². The van der Waals surface area contributed by atoms with Gasteiger partial charge in [0.25, 0.3) is 5.91 Å². The summed E-state index contributed by atoms with van der Waals surface area (Å²) in [4.78, 5) is 21.1. The summed E-state index contributed by atoms with van der Waals surface area (Å²) >= 11 is 1.32. The van der Waals surface area contributed by atoms with Gasteiger partial charge in [0.1, 0.15) is 12.1 Å². The first kappa shape index (κ1) is 18.9. The Labute approximate surface area is 167 Å². The van der Waals surface area contributed by atoms with Crippen molar-refractivity contribution in [1.29, 1.82) is 0 Å². The molecule has 0 atom stereocenters. The highest BCUT2D eigenvalue weighted by molar-refractivity contribution is 7.12. The third-order valence-electron chi connectivity index (χ3n) is 4.09. The van der Waals surface area contributed by atoms with Crippen LogP contribution in [-0.2, 0) is 6.18 Å². The quantitative estimate of drug-likeness (QED) is 0.449. The van der Waals surface area contributed by atoms with Gasteiger partial charge in [0.15, 0.2) is 0 Å². The number of carbonyl (C=O) groups is 1. The molecule has 2 N–H and O–H groups in total. The summed E-state index contributed by atoms with van der Waals surface area (Å²) in [6.07, 6.45) is -3.12. The molecule has 0 bridgehead atoms.